The van der Waals surface area contributed by atoms with E-state index in [1.54, 1.807) is 14.0 Å². The maximum atomic E-state index is 13.9. The number of nitrogens with one attached hydrogen (secondary N) is 5. The lowest BCUT2D eigenvalue weighted by atomic mass is 9.84. The van der Waals surface area contributed by atoms with Gasteiger partial charge in [-0.2, -0.15) is 0 Å². The zero-order chi connectivity index (χ0) is 29.8. The zero-order valence-electron chi connectivity index (χ0n) is 22.2. The van der Waals surface area contributed by atoms with Gasteiger partial charge >= 0.3 is 0 Å². The Bertz CT molecular complexity index is 1470. The van der Waals surface area contributed by atoms with Crippen LogP contribution in [0, 0.1) is 22.5 Å². The van der Waals surface area contributed by atoms with Gasteiger partial charge in [0, 0.05) is 31.3 Å². The Morgan fingerprint density at radius 3 is 2.48 bits per heavy atom. The quantitative estimate of drug-likeness (QED) is 0.146. The number of hydrogen-bond donors (Lipinski definition) is 6. The molecule has 0 saturated heterocycles. The van der Waals surface area contributed by atoms with E-state index in [2.05, 4.69) is 15.0 Å². The molecule has 11 nitrogen and oxygen atoms in total. The average Bonchev–Trinajstić information content (AvgIpc) is 2.87. The van der Waals surface area contributed by atoms with E-state index in [4.69, 9.17) is 10.8 Å². The lowest BCUT2D eigenvalue weighted by Gasteiger charge is -2.47. The number of carbonyl (C=O) groups is 1. The molecule has 15 heteroatoms. The van der Waals surface area contributed by atoms with Crippen molar-refractivity contribution in [2.24, 2.45) is 0 Å². The minimum absolute atomic E-state index is 0.0451. The normalized spacial score (nSPS) is 19.3. The number of pyridine rings is 1. The van der Waals surface area contributed by atoms with Crippen molar-refractivity contribution in [3.8, 4) is 5.75 Å². The van der Waals surface area contributed by atoms with E-state index in [1.807, 2.05) is 0 Å². The van der Waals surface area contributed by atoms with Gasteiger partial charge in [-0.05, 0) is 51.3 Å². The molecule has 1 amide bonds. The standard InChI is InChI=1S/C25H32F2N6O5S2/c1-4-33(25(30-2)9-7-16(8-10-25)32-40(3,37)38)24(36)20-22(35)21(34)17(13-31-20)23(29)39-19(28)11-14-5-6-15(26)12-18(14)27/h5-6,12-13,16,28-30,32,35H,4,7-11H2,1-3H3,(H,31,34). The molecule has 2 aromatic rings. The molecule has 1 aromatic carbocycles. The second-order valence-corrected chi connectivity index (χ2v) is 12.4. The summed E-state index contributed by atoms with van der Waals surface area (Å²) in [5.74, 6) is -3.15. The second kappa shape index (κ2) is 12.6. The fourth-order valence-electron chi connectivity index (χ4n) is 4.85. The third-order valence-electron chi connectivity index (χ3n) is 6.84. The molecule has 1 aromatic heterocycles. The number of rotatable bonds is 9. The fraction of sp³-hybridized carbons (Fsp3) is 0.440. The Labute approximate surface area is 234 Å². The van der Waals surface area contributed by atoms with Crippen molar-refractivity contribution in [3.05, 3.63) is 63.1 Å². The summed E-state index contributed by atoms with van der Waals surface area (Å²) in [5.41, 5.74) is -2.46. The number of benzene rings is 1. The van der Waals surface area contributed by atoms with Crippen LogP contribution in [0.15, 0.2) is 29.2 Å². The lowest BCUT2D eigenvalue weighted by Crippen LogP contribution is -2.62. The predicted molar refractivity (Wildman–Crippen MR) is 150 cm³/mol. The highest BCUT2D eigenvalue weighted by Crippen LogP contribution is 2.33. The molecule has 0 aliphatic heterocycles. The van der Waals surface area contributed by atoms with Crippen LogP contribution < -0.4 is 15.5 Å². The van der Waals surface area contributed by atoms with Crippen molar-refractivity contribution < 1.29 is 27.1 Å². The zero-order valence-corrected chi connectivity index (χ0v) is 23.9. The SMILES string of the molecule is CCN(C(=O)c1[nH]cc(C(=N)SC(=N)Cc2ccc(F)cc2F)c(=O)c1O)C1(NC)CCC(NS(C)(=O)=O)CC1. The Hall–Kier alpha value is -3.14. The third kappa shape index (κ3) is 7.13. The number of carbonyl (C=O) groups excluding carboxylic acids is 1. The summed E-state index contributed by atoms with van der Waals surface area (Å²) in [6.07, 6.45) is 3.70. The molecule has 0 bridgehead atoms. The summed E-state index contributed by atoms with van der Waals surface area (Å²) in [6, 6.07) is 2.65. The number of aromatic nitrogens is 1. The van der Waals surface area contributed by atoms with Crippen molar-refractivity contribution in [3.63, 3.8) is 0 Å². The highest BCUT2D eigenvalue weighted by molar-refractivity contribution is 8.26. The van der Waals surface area contributed by atoms with Gasteiger partial charge in [-0.3, -0.25) is 25.7 Å². The average molecular weight is 599 g/mol. The molecule has 1 fully saturated rings. The highest BCUT2D eigenvalue weighted by Gasteiger charge is 2.42. The first kappa shape index (κ1) is 31.4. The fourth-order valence-corrected chi connectivity index (χ4v) is 6.43. The summed E-state index contributed by atoms with van der Waals surface area (Å²) in [7, 11) is -1.71. The first-order chi connectivity index (χ1) is 18.7. The maximum absolute atomic E-state index is 13.9. The summed E-state index contributed by atoms with van der Waals surface area (Å²) < 4.78 is 52.9. The number of aromatic hydroxyl groups is 1. The van der Waals surface area contributed by atoms with E-state index in [0.717, 1.165) is 18.5 Å². The molecule has 6 N–H and O–H groups in total. The number of aromatic amines is 1. The van der Waals surface area contributed by atoms with Gasteiger partial charge in [0.2, 0.25) is 15.5 Å². The third-order valence-corrected chi connectivity index (χ3v) is 8.42. The van der Waals surface area contributed by atoms with Crippen molar-refractivity contribution in [2.75, 3.05) is 19.8 Å². The van der Waals surface area contributed by atoms with Crippen LogP contribution in [0.5, 0.6) is 5.75 Å². The van der Waals surface area contributed by atoms with Crippen LogP contribution in [0.1, 0.15) is 54.2 Å². The molecule has 0 unspecified atom stereocenters. The minimum Gasteiger partial charge on any atom is -0.503 e. The van der Waals surface area contributed by atoms with Gasteiger partial charge < -0.3 is 15.0 Å². The molecule has 3 rings (SSSR count). The van der Waals surface area contributed by atoms with Gasteiger partial charge in [-0.1, -0.05) is 17.8 Å². The summed E-state index contributed by atoms with van der Waals surface area (Å²) in [6.45, 7) is 1.96. The van der Waals surface area contributed by atoms with Gasteiger partial charge in [0.05, 0.1) is 22.5 Å². The largest absolute Gasteiger partial charge is 0.503 e. The summed E-state index contributed by atoms with van der Waals surface area (Å²) in [5, 5.41) is 29.5. The van der Waals surface area contributed by atoms with Crippen molar-refractivity contribution in [2.45, 2.75) is 50.7 Å². The Morgan fingerprint density at radius 1 is 1.27 bits per heavy atom. The number of hydrogen-bond acceptors (Lipinski definition) is 9. The van der Waals surface area contributed by atoms with Gasteiger partial charge in [-0.25, -0.2) is 21.9 Å². The number of sulfonamides is 1. The number of thioether (sulfide) groups is 1. The predicted octanol–water partition coefficient (Wildman–Crippen LogP) is 2.51. The highest BCUT2D eigenvalue weighted by atomic mass is 32.2. The van der Waals surface area contributed by atoms with Crippen LogP contribution in [0.4, 0.5) is 8.78 Å². The van der Waals surface area contributed by atoms with Gasteiger partial charge in [0.1, 0.15) is 16.7 Å². The van der Waals surface area contributed by atoms with Crippen LogP contribution in [0.25, 0.3) is 0 Å². The van der Waals surface area contributed by atoms with Gasteiger partial charge in [-0.15, -0.1) is 0 Å². The Kier molecular flexibility index (Phi) is 9.87. The molecule has 1 aliphatic rings. The molecule has 1 heterocycles. The molecule has 0 radical (unpaired) electrons. The number of nitrogens with zero attached hydrogens (tertiary/aromatic N) is 1. The maximum Gasteiger partial charge on any atom is 0.275 e. The van der Waals surface area contributed by atoms with Crippen molar-refractivity contribution in [1.29, 1.82) is 10.8 Å². The summed E-state index contributed by atoms with van der Waals surface area (Å²) >= 11 is 0.559. The molecular formula is C25H32F2N6O5S2. The van der Waals surface area contributed by atoms with E-state index in [0.29, 0.717) is 43.5 Å². The van der Waals surface area contributed by atoms with Crippen LogP contribution in [0.3, 0.4) is 0 Å². The minimum atomic E-state index is -3.39. The molecule has 40 heavy (non-hydrogen) atoms. The monoisotopic (exact) mass is 598 g/mol. The second-order valence-electron chi connectivity index (χ2n) is 9.52. The number of halogens is 2. The number of amides is 1. The summed E-state index contributed by atoms with van der Waals surface area (Å²) in [4.78, 5) is 30.5. The van der Waals surface area contributed by atoms with Crippen molar-refractivity contribution in [1.82, 2.24) is 19.9 Å². The first-order valence-corrected chi connectivity index (χ1v) is 15.1. The van der Waals surface area contributed by atoms with E-state index >= 15 is 0 Å². The smallest absolute Gasteiger partial charge is 0.275 e. The molecular weight excluding hydrogens is 566 g/mol. The Balaban J connectivity index is 1.77. The molecule has 1 saturated carbocycles. The molecule has 1 aliphatic carbocycles. The van der Waals surface area contributed by atoms with E-state index in [-0.39, 0.29) is 40.9 Å². The first-order valence-electron chi connectivity index (χ1n) is 12.4. The van der Waals surface area contributed by atoms with Gasteiger partial charge in [0.15, 0.2) is 11.4 Å². The van der Waals surface area contributed by atoms with E-state index in [1.165, 1.54) is 11.0 Å². The molecule has 218 valence electrons. The molecule has 0 atom stereocenters. The van der Waals surface area contributed by atoms with Gasteiger partial charge in [0.25, 0.3) is 5.91 Å². The van der Waals surface area contributed by atoms with Crippen LogP contribution in [0.2, 0.25) is 0 Å². The van der Waals surface area contributed by atoms with Crippen LogP contribution >= 0.6 is 11.8 Å². The molecule has 0 spiro atoms. The number of H-pyrrole nitrogens is 1. The van der Waals surface area contributed by atoms with Crippen LogP contribution in [-0.4, -0.2) is 71.0 Å². The van der Waals surface area contributed by atoms with Crippen molar-refractivity contribution >= 4 is 37.8 Å². The topological polar surface area (TPSA) is 179 Å². The van der Waals surface area contributed by atoms with E-state index in [9.17, 15) is 31.9 Å². The van der Waals surface area contributed by atoms with E-state index < -0.39 is 49.4 Å². The Morgan fingerprint density at radius 2 is 1.93 bits per heavy atom. The lowest BCUT2D eigenvalue weighted by molar-refractivity contribution is 0.0197. The van der Waals surface area contributed by atoms with Crippen LogP contribution in [-0.2, 0) is 16.4 Å².